The summed E-state index contributed by atoms with van der Waals surface area (Å²) in [6.45, 7) is 0.776. The normalized spacial score (nSPS) is 18.6. The Kier molecular flexibility index (Phi) is 5.43. The molecule has 144 valence electrons. The van der Waals surface area contributed by atoms with E-state index in [0.29, 0.717) is 23.6 Å². The first kappa shape index (κ1) is 18.7. The number of aliphatic hydroxyl groups excluding tert-OH is 1. The SMILES string of the molecule is O=C1Nc2cc(Br)ccc2C1=C1Nc2ccccc2C1=NOCCOCCO. The molecule has 0 aliphatic carbocycles. The summed E-state index contributed by atoms with van der Waals surface area (Å²) in [5, 5.41) is 19.2. The van der Waals surface area contributed by atoms with Crippen LogP contribution in [-0.4, -0.2) is 43.2 Å². The number of halogens is 1. The molecule has 4 rings (SSSR count). The lowest BCUT2D eigenvalue weighted by Gasteiger charge is -2.07. The maximum atomic E-state index is 12.7. The number of allylic oxidation sites excluding steroid dienone is 1. The zero-order valence-electron chi connectivity index (χ0n) is 14.9. The molecule has 0 atom stereocenters. The molecule has 7 nitrogen and oxygen atoms in total. The Balaban J connectivity index is 1.70. The molecule has 2 aliphatic rings. The van der Waals surface area contributed by atoms with Crippen LogP contribution in [0.3, 0.4) is 0 Å². The molecule has 0 fully saturated rings. The molecule has 0 radical (unpaired) electrons. The number of nitrogens with one attached hydrogen (secondary N) is 2. The minimum Gasteiger partial charge on any atom is -0.394 e. The van der Waals surface area contributed by atoms with Gasteiger partial charge in [-0.2, -0.15) is 0 Å². The number of aliphatic hydroxyl groups is 1. The van der Waals surface area contributed by atoms with Crippen molar-refractivity contribution in [1.82, 2.24) is 0 Å². The van der Waals surface area contributed by atoms with Gasteiger partial charge in [-0.1, -0.05) is 45.4 Å². The Morgan fingerprint density at radius 3 is 2.71 bits per heavy atom. The van der Waals surface area contributed by atoms with Crippen LogP contribution in [0.1, 0.15) is 11.1 Å². The van der Waals surface area contributed by atoms with Crippen LogP contribution in [0.4, 0.5) is 11.4 Å². The molecule has 0 saturated carbocycles. The number of carbonyl (C=O) groups is 1. The van der Waals surface area contributed by atoms with Crippen LogP contribution < -0.4 is 10.6 Å². The van der Waals surface area contributed by atoms with Gasteiger partial charge in [-0.25, -0.2) is 0 Å². The van der Waals surface area contributed by atoms with Gasteiger partial charge in [0.05, 0.1) is 36.8 Å². The highest BCUT2D eigenvalue weighted by Gasteiger charge is 2.34. The first-order chi connectivity index (χ1) is 13.7. The molecule has 0 saturated heterocycles. The molecule has 2 heterocycles. The molecule has 0 spiro atoms. The van der Waals surface area contributed by atoms with E-state index in [1.54, 1.807) is 0 Å². The third kappa shape index (κ3) is 3.54. The van der Waals surface area contributed by atoms with Gasteiger partial charge in [0.1, 0.15) is 12.3 Å². The van der Waals surface area contributed by atoms with Crippen molar-refractivity contribution < 1.29 is 19.5 Å². The van der Waals surface area contributed by atoms with Crippen LogP contribution in [0, 0.1) is 0 Å². The van der Waals surface area contributed by atoms with Crippen LogP contribution in [-0.2, 0) is 14.4 Å². The van der Waals surface area contributed by atoms with E-state index in [-0.39, 0.29) is 25.7 Å². The van der Waals surface area contributed by atoms with Gasteiger partial charge in [0.15, 0.2) is 0 Å². The van der Waals surface area contributed by atoms with Crippen molar-refractivity contribution in [1.29, 1.82) is 0 Å². The highest BCUT2D eigenvalue weighted by atomic mass is 79.9. The number of hydrogen-bond acceptors (Lipinski definition) is 6. The second-order valence-electron chi connectivity index (χ2n) is 6.17. The van der Waals surface area contributed by atoms with E-state index in [9.17, 15) is 4.79 Å². The zero-order chi connectivity index (χ0) is 19.5. The number of nitrogens with zero attached hydrogens (tertiary/aromatic N) is 1. The van der Waals surface area contributed by atoms with Gasteiger partial charge < -0.3 is 25.3 Å². The van der Waals surface area contributed by atoms with Crippen molar-refractivity contribution in [2.45, 2.75) is 0 Å². The van der Waals surface area contributed by atoms with Gasteiger partial charge in [0.2, 0.25) is 0 Å². The highest BCUT2D eigenvalue weighted by Crippen LogP contribution is 2.39. The number of anilines is 2. The van der Waals surface area contributed by atoms with Crippen LogP contribution in [0.25, 0.3) is 5.57 Å². The van der Waals surface area contributed by atoms with Crippen molar-refractivity contribution >= 4 is 44.5 Å². The molecule has 2 aromatic rings. The molecule has 0 aromatic heterocycles. The van der Waals surface area contributed by atoms with E-state index < -0.39 is 0 Å². The van der Waals surface area contributed by atoms with Gasteiger partial charge in [-0.15, -0.1) is 0 Å². The summed E-state index contributed by atoms with van der Waals surface area (Å²) in [5.74, 6) is -0.192. The van der Waals surface area contributed by atoms with Crippen LogP contribution in [0.15, 0.2) is 57.8 Å². The number of fused-ring (bicyclic) bond motifs is 2. The lowest BCUT2D eigenvalue weighted by Crippen LogP contribution is -2.13. The monoisotopic (exact) mass is 443 g/mol. The minimum absolute atomic E-state index is 0.0350. The molecule has 8 heteroatoms. The lowest BCUT2D eigenvalue weighted by molar-refractivity contribution is -0.110. The number of hydrogen-bond donors (Lipinski definition) is 3. The van der Waals surface area contributed by atoms with Crippen LogP contribution in [0.5, 0.6) is 0 Å². The molecular formula is C20H18BrN3O4. The smallest absolute Gasteiger partial charge is 0.258 e. The van der Waals surface area contributed by atoms with Gasteiger partial charge >= 0.3 is 0 Å². The van der Waals surface area contributed by atoms with Crippen molar-refractivity contribution in [3.8, 4) is 0 Å². The Labute approximate surface area is 170 Å². The van der Waals surface area contributed by atoms with Gasteiger partial charge in [0, 0.05) is 21.3 Å². The van der Waals surface area contributed by atoms with Gasteiger partial charge in [-0.3, -0.25) is 4.79 Å². The summed E-state index contributed by atoms with van der Waals surface area (Å²) in [6, 6.07) is 13.3. The molecule has 2 aromatic carbocycles. The zero-order valence-corrected chi connectivity index (χ0v) is 16.5. The Morgan fingerprint density at radius 1 is 1.00 bits per heavy atom. The fourth-order valence-corrected chi connectivity index (χ4v) is 3.53. The number of amides is 1. The first-order valence-corrected chi connectivity index (χ1v) is 9.59. The summed E-state index contributed by atoms with van der Waals surface area (Å²) in [4.78, 5) is 18.1. The second-order valence-corrected chi connectivity index (χ2v) is 7.09. The molecule has 2 aliphatic heterocycles. The molecule has 28 heavy (non-hydrogen) atoms. The topological polar surface area (TPSA) is 92.2 Å². The van der Waals surface area contributed by atoms with Gasteiger partial charge in [0.25, 0.3) is 5.91 Å². The standard InChI is InChI=1S/C20H18BrN3O4/c21-12-5-6-13-16(11-12)23-20(26)17(13)19-18(24-28-10-9-27-8-7-25)14-3-1-2-4-15(14)22-19/h1-6,11,22,25H,7-10H2,(H,23,26). The predicted octanol–water partition coefficient (Wildman–Crippen LogP) is 2.97. The van der Waals surface area contributed by atoms with Gasteiger partial charge in [-0.05, 0) is 18.2 Å². The Hall–Kier alpha value is -2.68. The average Bonchev–Trinajstić information content (AvgIpc) is 3.20. The fourth-order valence-electron chi connectivity index (χ4n) is 3.17. The number of benzene rings is 2. The van der Waals surface area contributed by atoms with Crippen molar-refractivity contribution in [3.05, 3.63) is 63.8 Å². The average molecular weight is 444 g/mol. The lowest BCUT2D eigenvalue weighted by atomic mass is 10.0. The van der Waals surface area contributed by atoms with E-state index in [4.69, 9.17) is 14.7 Å². The number of ether oxygens (including phenoxy) is 1. The first-order valence-electron chi connectivity index (χ1n) is 8.80. The summed E-state index contributed by atoms with van der Waals surface area (Å²) < 4.78 is 6.07. The summed E-state index contributed by atoms with van der Waals surface area (Å²) in [6.07, 6.45) is 0. The Bertz CT molecular complexity index is 987. The van der Waals surface area contributed by atoms with E-state index >= 15 is 0 Å². The Morgan fingerprint density at radius 2 is 1.86 bits per heavy atom. The number of carbonyl (C=O) groups excluding carboxylic acids is 1. The van der Waals surface area contributed by atoms with E-state index in [2.05, 4.69) is 31.7 Å². The van der Waals surface area contributed by atoms with Crippen LogP contribution in [0.2, 0.25) is 0 Å². The highest BCUT2D eigenvalue weighted by molar-refractivity contribution is 9.10. The molecule has 0 unspecified atom stereocenters. The summed E-state index contributed by atoms with van der Waals surface area (Å²) in [7, 11) is 0. The number of rotatable bonds is 6. The third-order valence-corrected chi connectivity index (χ3v) is 4.86. The third-order valence-electron chi connectivity index (χ3n) is 4.37. The summed E-state index contributed by atoms with van der Waals surface area (Å²) >= 11 is 3.43. The second kappa shape index (κ2) is 8.14. The predicted molar refractivity (Wildman–Crippen MR) is 110 cm³/mol. The number of para-hydroxylation sites is 1. The molecule has 3 N–H and O–H groups in total. The quantitative estimate of drug-likeness (QED) is 0.362. The van der Waals surface area contributed by atoms with E-state index in [1.165, 1.54) is 0 Å². The van der Waals surface area contributed by atoms with Crippen LogP contribution >= 0.6 is 15.9 Å². The number of oxime groups is 1. The maximum absolute atomic E-state index is 12.7. The van der Waals surface area contributed by atoms with E-state index in [0.717, 1.165) is 27.0 Å². The minimum atomic E-state index is -0.192. The molecule has 0 bridgehead atoms. The fraction of sp³-hybridized carbons (Fsp3) is 0.200. The molecular weight excluding hydrogens is 426 g/mol. The summed E-state index contributed by atoms with van der Waals surface area (Å²) in [5.41, 5.74) is 4.98. The maximum Gasteiger partial charge on any atom is 0.258 e. The molecule has 1 amide bonds. The van der Waals surface area contributed by atoms with E-state index in [1.807, 2.05) is 42.5 Å². The van der Waals surface area contributed by atoms with Crippen molar-refractivity contribution in [2.75, 3.05) is 37.1 Å². The largest absolute Gasteiger partial charge is 0.394 e. The van der Waals surface area contributed by atoms with Crippen molar-refractivity contribution in [2.24, 2.45) is 5.16 Å². The van der Waals surface area contributed by atoms with Crippen molar-refractivity contribution in [3.63, 3.8) is 0 Å².